The Morgan fingerprint density at radius 1 is 1.19 bits per heavy atom. The maximum atomic E-state index is 15.0. The van der Waals surface area contributed by atoms with Crippen LogP contribution in [-0.2, 0) is 9.59 Å². The van der Waals surface area contributed by atoms with Crippen molar-refractivity contribution in [2.24, 2.45) is 11.3 Å². The van der Waals surface area contributed by atoms with Crippen LogP contribution in [0.3, 0.4) is 0 Å². The standard InChI is InChI=1S/C22H26Cl2F2N2O3/c1-11(29)27-15-8-12(9-16(15)30)20(31)28-19(17-14(25)3-2-13(23)18(17)24)21-4-6-22(26,10-21)7-5-21/h2-3,12,15-16,19,30H,4-10H2,1H3,(H,27,29)(H,28,31)/t12-,15+,16-,19-,21?,22?/m1/s1. The summed E-state index contributed by atoms with van der Waals surface area (Å²) in [7, 11) is 0. The lowest BCUT2D eigenvalue weighted by atomic mass is 9.74. The molecule has 170 valence electrons. The maximum absolute atomic E-state index is 15.0. The highest BCUT2D eigenvalue weighted by molar-refractivity contribution is 6.42. The predicted molar refractivity (Wildman–Crippen MR) is 113 cm³/mol. The number of aliphatic hydroxyl groups is 1. The minimum atomic E-state index is -1.30. The molecule has 1 aromatic carbocycles. The topological polar surface area (TPSA) is 78.4 Å². The van der Waals surface area contributed by atoms with Crippen molar-refractivity contribution in [2.75, 3.05) is 0 Å². The Kier molecular flexibility index (Phi) is 5.99. The van der Waals surface area contributed by atoms with Gasteiger partial charge in [0.25, 0.3) is 0 Å². The average Bonchev–Trinajstić information content (AvgIpc) is 3.35. The van der Waals surface area contributed by atoms with Crippen LogP contribution in [0.1, 0.15) is 63.5 Å². The lowest BCUT2D eigenvalue weighted by molar-refractivity contribution is -0.127. The van der Waals surface area contributed by atoms with Crippen molar-refractivity contribution in [1.82, 2.24) is 10.6 Å². The van der Waals surface area contributed by atoms with E-state index in [9.17, 15) is 19.1 Å². The van der Waals surface area contributed by atoms with Gasteiger partial charge >= 0.3 is 0 Å². The van der Waals surface area contributed by atoms with Gasteiger partial charge in [0.15, 0.2) is 0 Å². The van der Waals surface area contributed by atoms with Crippen LogP contribution in [-0.4, -0.2) is 34.7 Å². The first kappa shape index (κ1) is 22.7. The SMILES string of the molecule is CC(=O)N[C@H]1C[C@@H](C(=O)N[C@H](c2c(F)ccc(Cl)c2Cl)C23CCC(F)(CC2)C3)C[C@H]1O. The number of halogens is 4. The Hall–Kier alpha value is -1.44. The molecule has 5 nitrogen and oxygen atoms in total. The van der Waals surface area contributed by atoms with Gasteiger partial charge < -0.3 is 15.7 Å². The van der Waals surface area contributed by atoms with Gasteiger partial charge in [0.1, 0.15) is 11.5 Å². The van der Waals surface area contributed by atoms with Crippen LogP contribution in [0.4, 0.5) is 8.78 Å². The number of fused-ring (bicyclic) bond motifs is 2. The molecular weight excluding hydrogens is 449 g/mol. The zero-order valence-electron chi connectivity index (χ0n) is 17.2. The molecule has 3 saturated carbocycles. The highest BCUT2D eigenvalue weighted by Gasteiger charge is 2.59. The lowest BCUT2D eigenvalue weighted by Crippen LogP contribution is -2.42. The number of carbonyl (C=O) groups excluding carboxylic acids is 2. The molecular formula is C22H26Cl2F2N2O3. The number of hydrogen-bond donors (Lipinski definition) is 3. The molecule has 1 aromatic rings. The van der Waals surface area contributed by atoms with Crippen LogP contribution in [0.2, 0.25) is 10.0 Å². The Bertz CT molecular complexity index is 905. The normalized spacial score (nSPS) is 35.2. The molecule has 3 fully saturated rings. The number of nitrogens with one attached hydrogen (secondary N) is 2. The number of benzene rings is 1. The summed E-state index contributed by atoms with van der Waals surface area (Å²) in [6.07, 6.45) is 1.59. The number of aliphatic hydroxyl groups excluding tert-OH is 1. The summed E-state index contributed by atoms with van der Waals surface area (Å²) in [6.45, 7) is 1.35. The molecule has 0 heterocycles. The van der Waals surface area contributed by atoms with Gasteiger partial charge in [0, 0.05) is 18.4 Å². The van der Waals surface area contributed by atoms with Gasteiger partial charge in [-0.2, -0.15) is 0 Å². The molecule has 3 aliphatic carbocycles. The molecule has 3 aliphatic rings. The zero-order valence-corrected chi connectivity index (χ0v) is 18.7. The molecule has 0 aliphatic heterocycles. The number of hydrogen-bond acceptors (Lipinski definition) is 3. The highest BCUT2D eigenvalue weighted by atomic mass is 35.5. The van der Waals surface area contributed by atoms with E-state index in [1.165, 1.54) is 19.1 Å². The second-order valence-electron chi connectivity index (χ2n) is 9.43. The molecule has 3 N–H and O–H groups in total. The van der Waals surface area contributed by atoms with E-state index in [2.05, 4.69) is 10.6 Å². The molecule has 9 heteroatoms. The molecule has 2 bridgehead atoms. The zero-order chi connectivity index (χ0) is 22.6. The first-order chi connectivity index (χ1) is 14.5. The number of rotatable bonds is 5. The smallest absolute Gasteiger partial charge is 0.223 e. The second-order valence-corrected chi connectivity index (χ2v) is 10.2. The third-order valence-electron chi connectivity index (χ3n) is 7.37. The minimum absolute atomic E-state index is 0.0205. The van der Waals surface area contributed by atoms with Gasteiger partial charge in [-0.1, -0.05) is 23.2 Å². The largest absolute Gasteiger partial charge is 0.391 e. The summed E-state index contributed by atoms with van der Waals surface area (Å²) < 4.78 is 30.0. The van der Waals surface area contributed by atoms with Crippen molar-refractivity contribution < 1.29 is 23.5 Å². The quantitative estimate of drug-likeness (QED) is 0.558. The van der Waals surface area contributed by atoms with Crippen LogP contribution in [0.25, 0.3) is 0 Å². The first-order valence-corrected chi connectivity index (χ1v) is 11.4. The van der Waals surface area contributed by atoms with Crippen molar-refractivity contribution in [1.29, 1.82) is 0 Å². The van der Waals surface area contributed by atoms with Gasteiger partial charge in [-0.25, -0.2) is 8.78 Å². The fourth-order valence-electron chi connectivity index (χ4n) is 5.82. The van der Waals surface area contributed by atoms with E-state index in [0.29, 0.717) is 25.7 Å². The molecule has 31 heavy (non-hydrogen) atoms. The predicted octanol–water partition coefficient (Wildman–Crippen LogP) is 4.24. The molecule has 2 amide bonds. The molecule has 4 rings (SSSR count). The number of carbonyl (C=O) groups is 2. The van der Waals surface area contributed by atoms with Crippen LogP contribution in [0.5, 0.6) is 0 Å². The first-order valence-electron chi connectivity index (χ1n) is 10.6. The van der Waals surface area contributed by atoms with Gasteiger partial charge in [-0.3, -0.25) is 9.59 Å². The van der Waals surface area contributed by atoms with Crippen LogP contribution >= 0.6 is 23.2 Å². The fourth-order valence-corrected chi connectivity index (χ4v) is 6.24. The maximum Gasteiger partial charge on any atom is 0.223 e. The summed E-state index contributed by atoms with van der Waals surface area (Å²) in [6, 6.07) is 1.21. The lowest BCUT2D eigenvalue weighted by Gasteiger charge is -2.38. The van der Waals surface area contributed by atoms with E-state index in [1.807, 2.05) is 0 Å². The van der Waals surface area contributed by atoms with E-state index in [1.54, 1.807) is 0 Å². The number of amides is 2. The van der Waals surface area contributed by atoms with Gasteiger partial charge in [0.2, 0.25) is 11.8 Å². The van der Waals surface area contributed by atoms with E-state index < -0.39 is 41.0 Å². The van der Waals surface area contributed by atoms with E-state index in [0.717, 1.165) is 0 Å². The van der Waals surface area contributed by atoms with Crippen LogP contribution < -0.4 is 10.6 Å². The van der Waals surface area contributed by atoms with Crippen molar-refractivity contribution in [3.8, 4) is 0 Å². The van der Waals surface area contributed by atoms with E-state index >= 15 is 4.39 Å². The number of alkyl halides is 1. The Balaban J connectivity index is 1.63. The Morgan fingerprint density at radius 3 is 2.45 bits per heavy atom. The summed E-state index contributed by atoms with van der Waals surface area (Å²) in [4.78, 5) is 24.5. The molecule has 0 aromatic heterocycles. The molecule has 0 saturated heterocycles. The summed E-state index contributed by atoms with van der Waals surface area (Å²) in [5.41, 5.74) is -1.86. The van der Waals surface area contributed by atoms with Gasteiger partial charge in [0.05, 0.1) is 28.2 Å². The van der Waals surface area contributed by atoms with E-state index in [4.69, 9.17) is 23.2 Å². The summed E-state index contributed by atoms with van der Waals surface area (Å²) in [5.74, 6) is -1.82. The summed E-state index contributed by atoms with van der Waals surface area (Å²) >= 11 is 12.5. The summed E-state index contributed by atoms with van der Waals surface area (Å²) in [5, 5.41) is 16.0. The molecule has 4 atom stereocenters. The second kappa shape index (κ2) is 8.16. The molecule has 0 radical (unpaired) electrons. The van der Waals surface area contributed by atoms with Crippen LogP contribution in [0.15, 0.2) is 12.1 Å². The van der Waals surface area contributed by atoms with Gasteiger partial charge in [-0.05, 0) is 62.5 Å². The monoisotopic (exact) mass is 474 g/mol. The Labute approximate surface area is 189 Å². The third kappa shape index (κ3) is 4.16. The van der Waals surface area contributed by atoms with Crippen molar-refractivity contribution in [3.05, 3.63) is 33.6 Å². The van der Waals surface area contributed by atoms with E-state index in [-0.39, 0.29) is 46.7 Å². The van der Waals surface area contributed by atoms with Crippen molar-refractivity contribution >= 4 is 35.0 Å². The highest BCUT2D eigenvalue weighted by Crippen LogP contribution is 2.64. The molecule has 0 unspecified atom stereocenters. The van der Waals surface area contributed by atoms with Crippen LogP contribution in [0, 0.1) is 17.2 Å². The van der Waals surface area contributed by atoms with Crippen molar-refractivity contribution in [2.45, 2.75) is 75.7 Å². The fraction of sp³-hybridized carbons (Fsp3) is 0.636. The third-order valence-corrected chi connectivity index (χ3v) is 8.19. The van der Waals surface area contributed by atoms with Crippen molar-refractivity contribution in [3.63, 3.8) is 0 Å². The minimum Gasteiger partial charge on any atom is -0.391 e. The average molecular weight is 475 g/mol. The van der Waals surface area contributed by atoms with Gasteiger partial charge in [-0.15, -0.1) is 0 Å². The Morgan fingerprint density at radius 2 is 1.87 bits per heavy atom. The molecule has 0 spiro atoms.